The van der Waals surface area contributed by atoms with E-state index < -0.39 is 5.82 Å². The number of ether oxygens (including phenoxy) is 2. The Morgan fingerprint density at radius 1 is 1.13 bits per heavy atom. The van der Waals surface area contributed by atoms with Crippen molar-refractivity contribution in [2.24, 2.45) is 0 Å². The highest BCUT2D eigenvalue weighted by Crippen LogP contribution is 2.37. The minimum Gasteiger partial charge on any atom is -0.486 e. The maximum atomic E-state index is 13.5. The second-order valence-electron chi connectivity index (χ2n) is 4.86. The van der Waals surface area contributed by atoms with E-state index in [-0.39, 0.29) is 18.1 Å². The van der Waals surface area contributed by atoms with Crippen LogP contribution in [0.3, 0.4) is 0 Å². The van der Waals surface area contributed by atoms with Crippen LogP contribution in [0.2, 0.25) is 5.02 Å². The summed E-state index contributed by atoms with van der Waals surface area (Å²) in [5.41, 5.74) is 0.673. The summed E-state index contributed by atoms with van der Waals surface area (Å²) in [6.07, 6.45) is 0. The van der Waals surface area contributed by atoms with Crippen LogP contribution < -0.4 is 20.1 Å². The van der Waals surface area contributed by atoms with Gasteiger partial charge in [-0.25, -0.2) is 4.39 Å². The van der Waals surface area contributed by atoms with Crippen LogP contribution in [0.1, 0.15) is 0 Å². The van der Waals surface area contributed by atoms with E-state index in [9.17, 15) is 9.18 Å². The first kappa shape index (κ1) is 15.4. The van der Waals surface area contributed by atoms with Gasteiger partial charge in [0.2, 0.25) is 5.91 Å². The molecule has 7 heteroatoms. The molecular weight excluding hydrogens is 323 g/mol. The van der Waals surface area contributed by atoms with Gasteiger partial charge in [0, 0.05) is 12.1 Å². The van der Waals surface area contributed by atoms with Crippen molar-refractivity contribution in [3.05, 3.63) is 47.2 Å². The van der Waals surface area contributed by atoms with Crippen molar-refractivity contribution in [1.82, 2.24) is 0 Å². The molecule has 0 unspecified atom stereocenters. The number of carbonyl (C=O) groups excluding carboxylic acids is 1. The van der Waals surface area contributed by atoms with Crippen LogP contribution in [0.15, 0.2) is 36.4 Å². The normalized spacial score (nSPS) is 12.6. The largest absolute Gasteiger partial charge is 0.486 e. The highest BCUT2D eigenvalue weighted by Gasteiger charge is 2.16. The second kappa shape index (κ2) is 6.75. The highest BCUT2D eigenvalue weighted by molar-refractivity contribution is 6.34. The van der Waals surface area contributed by atoms with Crippen molar-refractivity contribution in [1.29, 1.82) is 0 Å². The third kappa shape index (κ3) is 3.65. The first-order valence-corrected chi connectivity index (χ1v) is 7.38. The molecule has 0 aliphatic carbocycles. The van der Waals surface area contributed by atoms with Crippen molar-refractivity contribution in [3.63, 3.8) is 0 Å². The summed E-state index contributed by atoms with van der Waals surface area (Å²) in [6.45, 7) is 0.810. The number of benzene rings is 2. The van der Waals surface area contributed by atoms with Crippen LogP contribution >= 0.6 is 11.6 Å². The molecule has 0 atom stereocenters. The maximum absolute atomic E-state index is 13.5. The first-order valence-electron chi connectivity index (χ1n) is 7.01. The summed E-state index contributed by atoms with van der Waals surface area (Å²) in [5.74, 6) is 0.297. The zero-order valence-corrected chi connectivity index (χ0v) is 12.8. The minimum absolute atomic E-state index is 0.0916. The van der Waals surface area contributed by atoms with Gasteiger partial charge >= 0.3 is 0 Å². The lowest BCUT2D eigenvalue weighted by molar-refractivity contribution is -0.114. The first-order chi connectivity index (χ1) is 11.1. The Morgan fingerprint density at radius 2 is 1.83 bits per heavy atom. The molecule has 0 bridgehead atoms. The van der Waals surface area contributed by atoms with Crippen LogP contribution in [0, 0.1) is 5.82 Å². The Bertz CT molecular complexity index is 739. The molecule has 2 aromatic rings. The maximum Gasteiger partial charge on any atom is 0.243 e. The van der Waals surface area contributed by atoms with E-state index in [0.29, 0.717) is 35.4 Å². The second-order valence-corrected chi connectivity index (χ2v) is 5.26. The Hall–Kier alpha value is -2.47. The van der Waals surface area contributed by atoms with Crippen LogP contribution in [0.25, 0.3) is 0 Å². The molecule has 3 rings (SSSR count). The number of halogens is 2. The zero-order valence-electron chi connectivity index (χ0n) is 12.1. The van der Waals surface area contributed by atoms with Gasteiger partial charge in [-0.15, -0.1) is 0 Å². The lowest BCUT2D eigenvalue weighted by Gasteiger charge is -2.20. The number of nitrogens with one attached hydrogen (secondary N) is 2. The van der Waals surface area contributed by atoms with Crippen LogP contribution in [-0.4, -0.2) is 25.7 Å². The van der Waals surface area contributed by atoms with Crippen molar-refractivity contribution in [2.45, 2.75) is 0 Å². The number of carbonyl (C=O) groups is 1. The molecule has 1 aliphatic rings. The summed E-state index contributed by atoms with van der Waals surface area (Å²) in [7, 11) is 0. The SMILES string of the molecule is O=C(CNc1ccccc1F)Nc1cc2c(cc1Cl)OCCO2. The molecule has 0 aromatic heterocycles. The lowest BCUT2D eigenvalue weighted by Crippen LogP contribution is -2.22. The molecule has 0 saturated carbocycles. The topological polar surface area (TPSA) is 59.6 Å². The van der Waals surface area contributed by atoms with Gasteiger partial charge in [0.05, 0.1) is 22.9 Å². The summed E-state index contributed by atoms with van der Waals surface area (Å²) >= 11 is 6.12. The molecule has 0 radical (unpaired) electrons. The van der Waals surface area contributed by atoms with Crippen molar-refractivity contribution < 1.29 is 18.7 Å². The molecule has 1 aliphatic heterocycles. The van der Waals surface area contributed by atoms with E-state index in [0.717, 1.165) is 0 Å². The van der Waals surface area contributed by atoms with Gasteiger partial charge < -0.3 is 20.1 Å². The number of amides is 1. The van der Waals surface area contributed by atoms with E-state index in [1.165, 1.54) is 6.07 Å². The van der Waals surface area contributed by atoms with Gasteiger partial charge in [0.25, 0.3) is 0 Å². The molecule has 5 nitrogen and oxygen atoms in total. The summed E-state index contributed by atoms with van der Waals surface area (Å²) < 4.78 is 24.3. The standard InChI is InChI=1S/C16H14ClFN2O3/c17-10-7-14-15(23-6-5-22-14)8-13(10)20-16(21)9-19-12-4-2-1-3-11(12)18/h1-4,7-8,19H,5-6,9H2,(H,20,21). The molecular formula is C16H14ClFN2O3. The molecule has 0 saturated heterocycles. The van der Waals surface area contributed by atoms with E-state index in [4.69, 9.17) is 21.1 Å². The van der Waals surface area contributed by atoms with Crippen molar-refractivity contribution >= 4 is 28.9 Å². The molecule has 1 amide bonds. The fraction of sp³-hybridized carbons (Fsp3) is 0.188. The number of para-hydroxylation sites is 1. The monoisotopic (exact) mass is 336 g/mol. The molecule has 120 valence electrons. The van der Waals surface area contributed by atoms with Crippen molar-refractivity contribution in [3.8, 4) is 11.5 Å². The summed E-state index contributed by atoms with van der Waals surface area (Å²) in [5, 5.41) is 5.73. The zero-order chi connectivity index (χ0) is 16.2. The number of rotatable bonds is 4. The molecule has 23 heavy (non-hydrogen) atoms. The van der Waals surface area contributed by atoms with Gasteiger partial charge in [0.1, 0.15) is 19.0 Å². The van der Waals surface area contributed by atoms with Crippen molar-refractivity contribution in [2.75, 3.05) is 30.4 Å². The van der Waals surface area contributed by atoms with Crippen LogP contribution in [0.4, 0.5) is 15.8 Å². The minimum atomic E-state index is -0.419. The molecule has 2 N–H and O–H groups in total. The third-order valence-electron chi connectivity index (χ3n) is 3.22. The number of hydrogen-bond acceptors (Lipinski definition) is 4. The average molecular weight is 337 g/mol. The predicted octanol–water partition coefficient (Wildman–Crippen LogP) is 3.30. The van der Waals surface area contributed by atoms with Gasteiger partial charge in [-0.1, -0.05) is 23.7 Å². The number of hydrogen-bond donors (Lipinski definition) is 2. The quantitative estimate of drug-likeness (QED) is 0.899. The Labute approximate surface area is 137 Å². The summed E-state index contributed by atoms with van der Waals surface area (Å²) in [4.78, 5) is 12.0. The Morgan fingerprint density at radius 3 is 2.57 bits per heavy atom. The van der Waals surface area contributed by atoms with E-state index >= 15 is 0 Å². The van der Waals surface area contributed by atoms with E-state index in [2.05, 4.69) is 10.6 Å². The van der Waals surface area contributed by atoms with Crippen LogP contribution in [-0.2, 0) is 4.79 Å². The number of fused-ring (bicyclic) bond motifs is 1. The Kier molecular flexibility index (Phi) is 4.52. The van der Waals surface area contributed by atoms with Crippen LogP contribution in [0.5, 0.6) is 11.5 Å². The van der Waals surface area contributed by atoms with Gasteiger partial charge in [-0.05, 0) is 12.1 Å². The molecule has 0 spiro atoms. The Balaban J connectivity index is 1.65. The fourth-order valence-corrected chi connectivity index (χ4v) is 2.34. The van der Waals surface area contributed by atoms with E-state index in [1.54, 1.807) is 30.3 Å². The van der Waals surface area contributed by atoms with Gasteiger partial charge in [0.15, 0.2) is 11.5 Å². The molecule has 2 aromatic carbocycles. The summed E-state index contributed by atoms with van der Waals surface area (Å²) in [6, 6.07) is 9.34. The third-order valence-corrected chi connectivity index (χ3v) is 3.53. The fourth-order valence-electron chi connectivity index (χ4n) is 2.13. The van der Waals surface area contributed by atoms with Gasteiger partial charge in [-0.3, -0.25) is 4.79 Å². The van der Waals surface area contributed by atoms with Gasteiger partial charge in [-0.2, -0.15) is 0 Å². The highest BCUT2D eigenvalue weighted by atomic mass is 35.5. The average Bonchev–Trinajstić information content (AvgIpc) is 2.55. The predicted molar refractivity (Wildman–Crippen MR) is 86.0 cm³/mol. The molecule has 1 heterocycles. The molecule has 0 fully saturated rings. The smallest absolute Gasteiger partial charge is 0.243 e. The number of anilines is 2. The lowest BCUT2D eigenvalue weighted by atomic mass is 10.2. The van der Waals surface area contributed by atoms with E-state index in [1.807, 2.05) is 0 Å².